The molecule has 0 heterocycles. The van der Waals surface area contributed by atoms with Gasteiger partial charge in [-0.15, -0.1) is 0 Å². The van der Waals surface area contributed by atoms with Gasteiger partial charge in [-0.2, -0.15) is 0 Å². The minimum Gasteiger partial charge on any atom is -0.385 e. The molecule has 0 aromatic rings. The highest BCUT2D eigenvalue weighted by Crippen LogP contribution is 2.30. The van der Waals surface area contributed by atoms with E-state index in [9.17, 15) is 4.79 Å². The summed E-state index contributed by atoms with van der Waals surface area (Å²) in [6.45, 7) is 2.72. The molecule has 1 aliphatic carbocycles. The molecule has 1 atom stereocenters. The van der Waals surface area contributed by atoms with E-state index >= 15 is 0 Å². The first kappa shape index (κ1) is 9.72. The molecule has 0 aromatic carbocycles. The second kappa shape index (κ2) is 4.61. The van der Waals surface area contributed by atoms with E-state index in [1.807, 2.05) is 6.92 Å². The SMILES string of the molecule is COCCC(C)C(=O)C1CCC1. The van der Waals surface area contributed by atoms with Crippen molar-refractivity contribution < 1.29 is 9.53 Å². The summed E-state index contributed by atoms with van der Waals surface area (Å²) in [6.07, 6.45) is 4.37. The van der Waals surface area contributed by atoms with Gasteiger partial charge in [-0.25, -0.2) is 0 Å². The number of carbonyl (C=O) groups is 1. The number of hydrogen-bond donors (Lipinski definition) is 0. The third-order valence-electron chi connectivity index (χ3n) is 2.75. The van der Waals surface area contributed by atoms with Crippen LogP contribution in [0.3, 0.4) is 0 Å². The molecule has 0 aliphatic heterocycles. The number of methoxy groups -OCH3 is 1. The number of ketones is 1. The zero-order chi connectivity index (χ0) is 8.97. The van der Waals surface area contributed by atoms with Crippen molar-refractivity contribution >= 4 is 5.78 Å². The van der Waals surface area contributed by atoms with Crippen molar-refractivity contribution in [1.29, 1.82) is 0 Å². The lowest BCUT2D eigenvalue weighted by molar-refractivity contribution is -0.129. The van der Waals surface area contributed by atoms with Gasteiger partial charge in [0.25, 0.3) is 0 Å². The van der Waals surface area contributed by atoms with Crippen LogP contribution in [0.5, 0.6) is 0 Å². The highest BCUT2D eigenvalue weighted by Gasteiger charge is 2.28. The van der Waals surface area contributed by atoms with E-state index in [0.717, 1.165) is 19.3 Å². The molecule has 0 bridgehead atoms. The molecule has 0 aromatic heterocycles. The first-order chi connectivity index (χ1) is 5.75. The van der Waals surface area contributed by atoms with Gasteiger partial charge in [-0.3, -0.25) is 4.79 Å². The van der Waals surface area contributed by atoms with Crippen LogP contribution < -0.4 is 0 Å². The van der Waals surface area contributed by atoms with Crippen molar-refractivity contribution in [3.8, 4) is 0 Å². The normalized spacial score (nSPS) is 20.2. The molecule has 1 unspecified atom stereocenters. The molecule has 1 saturated carbocycles. The average molecular weight is 170 g/mol. The minimum atomic E-state index is 0.204. The minimum absolute atomic E-state index is 0.204. The molecular weight excluding hydrogens is 152 g/mol. The maximum absolute atomic E-state index is 11.6. The largest absolute Gasteiger partial charge is 0.385 e. The van der Waals surface area contributed by atoms with Crippen LogP contribution in [0.25, 0.3) is 0 Å². The fraction of sp³-hybridized carbons (Fsp3) is 0.900. The predicted molar refractivity (Wildman–Crippen MR) is 48.0 cm³/mol. The van der Waals surface area contributed by atoms with Crippen molar-refractivity contribution in [3.63, 3.8) is 0 Å². The molecule has 0 amide bonds. The summed E-state index contributed by atoms with van der Waals surface area (Å²) in [6, 6.07) is 0. The van der Waals surface area contributed by atoms with Crippen LogP contribution in [0.4, 0.5) is 0 Å². The molecule has 0 spiro atoms. The monoisotopic (exact) mass is 170 g/mol. The van der Waals surface area contributed by atoms with Crippen LogP contribution in [0, 0.1) is 11.8 Å². The van der Waals surface area contributed by atoms with E-state index < -0.39 is 0 Å². The smallest absolute Gasteiger partial charge is 0.138 e. The number of hydrogen-bond acceptors (Lipinski definition) is 2. The second-order valence-electron chi connectivity index (χ2n) is 3.71. The molecule has 2 heteroatoms. The number of carbonyl (C=O) groups excluding carboxylic acids is 1. The number of ether oxygens (including phenoxy) is 1. The lowest BCUT2D eigenvalue weighted by Crippen LogP contribution is -2.27. The zero-order valence-electron chi connectivity index (χ0n) is 8.01. The van der Waals surface area contributed by atoms with Crippen LogP contribution in [-0.4, -0.2) is 19.5 Å². The Morgan fingerprint density at radius 3 is 2.67 bits per heavy atom. The summed E-state index contributed by atoms with van der Waals surface area (Å²) < 4.78 is 4.94. The van der Waals surface area contributed by atoms with Crippen molar-refractivity contribution in [2.24, 2.45) is 11.8 Å². The summed E-state index contributed by atoms with van der Waals surface area (Å²) >= 11 is 0. The van der Waals surface area contributed by atoms with Gasteiger partial charge in [0.15, 0.2) is 0 Å². The maximum Gasteiger partial charge on any atom is 0.138 e. The van der Waals surface area contributed by atoms with E-state index in [4.69, 9.17) is 4.74 Å². The third-order valence-corrected chi connectivity index (χ3v) is 2.75. The molecule has 1 fully saturated rings. The quantitative estimate of drug-likeness (QED) is 0.631. The average Bonchev–Trinajstić information content (AvgIpc) is 1.96. The van der Waals surface area contributed by atoms with Gasteiger partial charge >= 0.3 is 0 Å². The standard InChI is InChI=1S/C10H18O2/c1-8(6-7-12-2)10(11)9-4-3-5-9/h8-9H,3-7H2,1-2H3. The topological polar surface area (TPSA) is 26.3 Å². The Kier molecular flexibility index (Phi) is 3.73. The highest BCUT2D eigenvalue weighted by molar-refractivity contribution is 5.83. The Bertz CT molecular complexity index is 150. The summed E-state index contributed by atoms with van der Waals surface area (Å²) in [7, 11) is 1.68. The van der Waals surface area contributed by atoms with Gasteiger partial charge in [0.1, 0.15) is 5.78 Å². The predicted octanol–water partition coefficient (Wildman–Crippen LogP) is 2.03. The van der Waals surface area contributed by atoms with Gasteiger partial charge in [0.2, 0.25) is 0 Å². The van der Waals surface area contributed by atoms with Gasteiger partial charge in [0.05, 0.1) is 0 Å². The van der Waals surface area contributed by atoms with Crippen LogP contribution in [-0.2, 0) is 9.53 Å². The molecule has 1 rings (SSSR count). The summed E-state index contributed by atoms with van der Waals surface area (Å²) in [4.78, 5) is 11.6. The lowest BCUT2D eigenvalue weighted by Gasteiger charge is -2.26. The van der Waals surface area contributed by atoms with E-state index in [1.54, 1.807) is 7.11 Å². The van der Waals surface area contributed by atoms with Crippen molar-refractivity contribution in [2.45, 2.75) is 32.6 Å². The number of Topliss-reactive ketones (excluding diaryl/α,β-unsaturated/α-hetero) is 1. The zero-order valence-corrected chi connectivity index (χ0v) is 8.01. The molecule has 2 nitrogen and oxygen atoms in total. The molecule has 1 aliphatic rings. The molecule has 70 valence electrons. The Balaban J connectivity index is 2.20. The Morgan fingerprint density at radius 2 is 2.25 bits per heavy atom. The van der Waals surface area contributed by atoms with E-state index in [2.05, 4.69) is 0 Å². The summed E-state index contributed by atoms with van der Waals surface area (Å²) in [5, 5.41) is 0. The van der Waals surface area contributed by atoms with Gasteiger partial charge in [-0.1, -0.05) is 13.3 Å². The first-order valence-electron chi connectivity index (χ1n) is 4.78. The Morgan fingerprint density at radius 1 is 1.58 bits per heavy atom. The van der Waals surface area contributed by atoms with E-state index in [-0.39, 0.29) is 5.92 Å². The van der Waals surface area contributed by atoms with Gasteiger partial charge < -0.3 is 4.74 Å². The third kappa shape index (κ3) is 2.31. The molecule has 12 heavy (non-hydrogen) atoms. The Labute approximate surface area is 74.3 Å². The summed E-state index contributed by atoms with van der Waals surface area (Å²) in [5.41, 5.74) is 0. The Hall–Kier alpha value is -0.370. The van der Waals surface area contributed by atoms with Gasteiger partial charge in [-0.05, 0) is 19.3 Å². The first-order valence-corrected chi connectivity index (χ1v) is 4.78. The molecule has 0 N–H and O–H groups in total. The molecular formula is C10H18O2. The maximum atomic E-state index is 11.6. The summed E-state index contributed by atoms with van der Waals surface area (Å²) in [5.74, 6) is 1.05. The van der Waals surface area contributed by atoms with Crippen LogP contribution in [0.15, 0.2) is 0 Å². The van der Waals surface area contributed by atoms with Crippen LogP contribution in [0.2, 0.25) is 0 Å². The van der Waals surface area contributed by atoms with Gasteiger partial charge in [0, 0.05) is 25.6 Å². The number of rotatable bonds is 5. The fourth-order valence-electron chi connectivity index (χ4n) is 1.53. The highest BCUT2D eigenvalue weighted by atomic mass is 16.5. The van der Waals surface area contributed by atoms with Crippen LogP contribution in [0.1, 0.15) is 32.6 Å². The van der Waals surface area contributed by atoms with Crippen molar-refractivity contribution in [1.82, 2.24) is 0 Å². The van der Waals surface area contributed by atoms with E-state index in [1.165, 1.54) is 6.42 Å². The lowest BCUT2D eigenvalue weighted by atomic mass is 9.78. The van der Waals surface area contributed by atoms with Crippen molar-refractivity contribution in [3.05, 3.63) is 0 Å². The second-order valence-corrected chi connectivity index (χ2v) is 3.71. The van der Waals surface area contributed by atoms with Crippen LogP contribution >= 0.6 is 0 Å². The van der Waals surface area contributed by atoms with E-state index in [0.29, 0.717) is 18.3 Å². The molecule has 0 radical (unpaired) electrons. The molecule has 0 saturated heterocycles. The van der Waals surface area contributed by atoms with Crippen molar-refractivity contribution in [2.75, 3.05) is 13.7 Å². The fourth-order valence-corrected chi connectivity index (χ4v) is 1.53.